The van der Waals surface area contributed by atoms with Gasteiger partial charge < -0.3 is 9.80 Å². The number of anilines is 1. The van der Waals surface area contributed by atoms with E-state index in [2.05, 4.69) is 4.90 Å². The second-order valence-corrected chi connectivity index (χ2v) is 8.42. The molecule has 3 amide bonds. The molecule has 1 saturated heterocycles. The highest BCUT2D eigenvalue weighted by Crippen LogP contribution is 2.44. The van der Waals surface area contributed by atoms with Crippen LogP contribution in [0.25, 0.3) is 0 Å². The predicted molar refractivity (Wildman–Crippen MR) is 117 cm³/mol. The van der Waals surface area contributed by atoms with Crippen molar-refractivity contribution in [1.82, 2.24) is 9.80 Å². The molecule has 0 N–H and O–H groups in total. The first-order valence-corrected chi connectivity index (χ1v) is 10.6. The Bertz CT molecular complexity index is 1010. The molecule has 0 atom stereocenters. The molecule has 156 valence electrons. The van der Waals surface area contributed by atoms with E-state index in [4.69, 9.17) is 46.4 Å². The minimum Gasteiger partial charge on any atom is -0.368 e. The third-order valence-corrected chi connectivity index (χ3v) is 7.03. The van der Waals surface area contributed by atoms with E-state index < -0.39 is 18.4 Å². The van der Waals surface area contributed by atoms with E-state index in [1.165, 1.54) is 0 Å². The molecule has 2 aromatic rings. The number of hydrogen-bond donors (Lipinski definition) is 0. The molecule has 0 unspecified atom stereocenters. The molecule has 2 aromatic carbocycles. The van der Waals surface area contributed by atoms with Gasteiger partial charge in [0.1, 0.15) is 6.54 Å². The van der Waals surface area contributed by atoms with Crippen molar-refractivity contribution in [2.45, 2.75) is 0 Å². The maximum atomic E-state index is 12.8. The van der Waals surface area contributed by atoms with Gasteiger partial charge in [0.05, 0.1) is 31.2 Å². The highest BCUT2D eigenvalue weighted by atomic mass is 35.5. The van der Waals surface area contributed by atoms with Crippen LogP contribution in [0.1, 0.15) is 20.7 Å². The maximum Gasteiger partial charge on any atom is 0.263 e. The van der Waals surface area contributed by atoms with Crippen LogP contribution in [0.2, 0.25) is 20.1 Å². The fourth-order valence-electron chi connectivity index (χ4n) is 3.63. The molecule has 30 heavy (non-hydrogen) atoms. The monoisotopic (exact) mass is 485 g/mol. The van der Waals surface area contributed by atoms with E-state index in [0.29, 0.717) is 26.2 Å². The lowest BCUT2D eigenvalue weighted by atomic mass is 10.1. The van der Waals surface area contributed by atoms with E-state index in [1.54, 1.807) is 4.90 Å². The van der Waals surface area contributed by atoms with Crippen molar-refractivity contribution in [3.63, 3.8) is 0 Å². The van der Waals surface area contributed by atoms with Gasteiger partial charge in [0.2, 0.25) is 5.91 Å². The van der Waals surface area contributed by atoms with Gasteiger partial charge in [0, 0.05) is 31.9 Å². The number of nitrogens with zero attached hydrogens (tertiary/aromatic N) is 3. The van der Waals surface area contributed by atoms with Crippen molar-refractivity contribution in [3.05, 3.63) is 61.5 Å². The molecule has 2 aliphatic heterocycles. The summed E-state index contributed by atoms with van der Waals surface area (Å²) in [7, 11) is 0. The van der Waals surface area contributed by atoms with Crippen LogP contribution in [0.3, 0.4) is 0 Å². The largest absolute Gasteiger partial charge is 0.368 e. The zero-order valence-electron chi connectivity index (χ0n) is 15.5. The molecule has 0 saturated carbocycles. The third kappa shape index (κ3) is 3.52. The lowest BCUT2D eigenvalue weighted by Crippen LogP contribution is -2.51. The fourth-order valence-corrected chi connectivity index (χ4v) is 4.64. The Morgan fingerprint density at radius 2 is 1.27 bits per heavy atom. The summed E-state index contributed by atoms with van der Waals surface area (Å²) in [6, 6.07) is 9.90. The molecule has 4 rings (SSSR count). The Balaban J connectivity index is 1.47. The van der Waals surface area contributed by atoms with Crippen LogP contribution in [0.15, 0.2) is 30.3 Å². The van der Waals surface area contributed by atoms with E-state index in [-0.39, 0.29) is 37.1 Å². The van der Waals surface area contributed by atoms with Crippen LogP contribution >= 0.6 is 46.4 Å². The van der Waals surface area contributed by atoms with Crippen molar-refractivity contribution >= 4 is 69.8 Å². The summed E-state index contributed by atoms with van der Waals surface area (Å²) in [6.07, 6.45) is 0. The first-order chi connectivity index (χ1) is 14.3. The van der Waals surface area contributed by atoms with Gasteiger partial charge in [-0.2, -0.15) is 0 Å². The number of rotatable bonds is 3. The fraction of sp³-hybridized carbons (Fsp3) is 0.250. The highest BCUT2D eigenvalue weighted by Gasteiger charge is 2.42. The number of carbonyl (C=O) groups excluding carboxylic acids is 3. The first kappa shape index (κ1) is 21.2. The van der Waals surface area contributed by atoms with E-state index in [0.717, 1.165) is 10.6 Å². The smallest absolute Gasteiger partial charge is 0.263 e. The van der Waals surface area contributed by atoms with Gasteiger partial charge in [-0.25, -0.2) is 0 Å². The van der Waals surface area contributed by atoms with Crippen LogP contribution in [-0.4, -0.2) is 60.2 Å². The van der Waals surface area contributed by atoms with Crippen molar-refractivity contribution in [2.24, 2.45) is 0 Å². The Labute approximate surface area is 192 Å². The Morgan fingerprint density at radius 3 is 1.77 bits per heavy atom. The minimum atomic E-state index is -0.711. The molecular formula is C20H15Cl4N3O3. The number of imide groups is 1. The average Bonchev–Trinajstić information content (AvgIpc) is 3.01. The molecule has 10 heteroatoms. The van der Waals surface area contributed by atoms with Gasteiger partial charge in [0.25, 0.3) is 11.8 Å². The molecule has 0 radical (unpaired) electrons. The summed E-state index contributed by atoms with van der Waals surface area (Å²) >= 11 is 24.3. The number of piperazine rings is 1. The van der Waals surface area contributed by atoms with Crippen molar-refractivity contribution < 1.29 is 14.4 Å². The van der Waals surface area contributed by atoms with Gasteiger partial charge in [-0.05, 0) is 12.1 Å². The second-order valence-electron chi connectivity index (χ2n) is 6.91. The van der Waals surface area contributed by atoms with Crippen LogP contribution in [0.5, 0.6) is 0 Å². The van der Waals surface area contributed by atoms with Gasteiger partial charge >= 0.3 is 0 Å². The molecule has 0 bridgehead atoms. The van der Waals surface area contributed by atoms with E-state index in [1.807, 2.05) is 30.3 Å². The lowest BCUT2D eigenvalue weighted by molar-refractivity contribution is -0.131. The maximum absolute atomic E-state index is 12.8. The van der Waals surface area contributed by atoms with E-state index >= 15 is 0 Å². The van der Waals surface area contributed by atoms with E-state index in [9.17, 15) is 14.4 Å². The number of hydrogen-bond acceptors (Lipinski definition) is 4. The standard InChI is InChI=1S/C20H15Cl4N3O3/c21-15-13-14(16(22)18(24)17(15)23)20(30)27(19(13)29)10-12(28)26-8-6-25(7-9-26)11-4-2-1-3-5-11/h1-5H,6-10H2. The zero-order chi connectivity index (χ0) is 21.6. The number of para-hydroxylation sites is 1. The molecule has 0 aliphatic carbocycles. The van der Waals surface area contributed by atoms with Crippen LogP contribution in [-0.2, 0) is 4.79 Å². The van der Waals surface area contributed by atoms with Gasteiger partial charge in [-0.15, -0.1) is 0 Å². The SMILES string of the molecule is O=C(CN1C(=O)c2c(Cl)c(Cl)c(Cl)c(Cl)c2C1=O)N1CCN(c2ccccc2)CC1. The third-order valence-electron chi connectivity index (χ3n) is 5.23. The predicted octanol–water partition coefficient (Wildman–Crippen LogP) is 4.25. The topological polar surface area (TPSA) is 60.9 Å². The van der Waals surface area contributed by atoms with Crippen LogP contribution in [0, 0.1) is 0 Å². The Morgan fingerprint density at radius 1 is 0.767 bits per heavy atom. The van der Waals surface area contributed by atoms with Gasteiger partial charge in [0.15, 0.2) is 0 Å². The summed E-state index contributed by atoms with van der Waals surface area (Å²) in [5.41, 5.74) is 0.841. The summed E-state index contributed by atoms with van der Waals surface area (Å²) in [5, 5.41) is -0.501. The second kappa shape index (κ2) is 8.27. The molecular weight excluding hydrogens is 472 g/mol. The number of amides is 3. The summed E-state index contributed by atoms with van der Waals surface area (Å²) in [4.78, 5) is 43.0. The summed E-state index contributed by atoms with van der Waals surface area (Å²) < 4.78 is 0. The Kier molecular flexibility index (Phi) is 5.86. The van der Waals surface area contributed by atoms with Gasteiger partial charge in [-0.1, -0.05) is 64.6 Å². The van der Waals surface area contributed by atoms with Gasteiger partial charge in [-0.3, -0.25) is 19.3 Å². The van der Waals surface area contributed by atoms with Crippen LogP contribution < -0.4 is 4.90 Å². The highest BCUT2D eigenvalue weighted by molar-refractivity contribution is 6.55. The van der Waals surface area contributed by atoms with Crippen LogP contribution in [0.4, 0.5) is 5.69 Å². The quantitative estimate of drug-likeness (QED) is 0.369. The first-order valence-electron chi connectivity index (χ1n) is 9.11. The number of halogens is 4. The van der Waals surface area contributed by atoms with Crippen molar-refractivity contribution in [1.29, 1.82) is 0 Å². The molecule has 0 spiro atoms. The normalized spacial score (nSPS) is 16.3. The summed E-state index contributed by atoms with van der Waals surface area (Å²) in [6.45, 7) is 1.87. The van der Waals surface area contributed by atoms with Crippen molar-refractivity contribution in [2.75, 3.05) is 37.6 Å². The number of fused-ring (bicyclic) bond motifs is 1. The summed E-state index contributed by atoms with van der Waals surface area (Å²) in [5.74, 6) is -1.75. The lowest BCUT2D eigenvalue weighted by Gasteiger charge is -2.36. The number of carbonyl (C=O) groups is 3. The van der Waals surface area contributed by atoms with Crippen molar-refractivity contribution in [3.8, 4) is 0 Å². The Hall–Kier alpha value is -1.99. The minimum absolute atomic E-state index is 0.103. The molecule has 6 nitrogen and oxygen atoms in total. The molecule has 0 aromatic heterocycles. The number of benzene rings is 2. The molecule has 2 aliphatic rings. The zero-order valence-corrected chi connectivity index (χ0v) is 18.5. The molecule has 1 fully saturated rings. The average molecular weight is 487 g/mol. The molecule has 2 heterocycles.